The Balaban J connectivity index is 1.63. The second-order valence-electron chi connectivity index (χ2n) is 7.10. The van der Waals surface area contributed by atoms with Gasteiger partial charge in [0, 0.05) is 29.5 Å². The van der Waals surface area contributed by atoms with Gasteiger partial charge in [-0.3, -0.25) is 4.79 Å². The molecule has 3 aromatic rings. The van der Waals surface area contributed by atoms with Gasteiger partial charge in [0.2, 0.25) is 0 Å². The minimum absolute atomic E-state index is 0.0523. The van der Waals surface area contributed by atoms with E-state index < -0.39 is 0 Å². The number of aryl methyl sites for hydroxylation is 1. The number of hydrogen-bond donors (Lipinski definition) is 1. The standard InChI is InChI=1S/C23H28BrN3O/c1-2-3-4-5-8-16-27-21-13-7-6-12-20(21)26-22(27)14-15-25-23(28)18-10-9-11-19(24)17-18/h6-7,9-13,17H,2-5,8,14-16H2,1H3,(H,25,28). The van der Waals surface area contributed by atoms with E-state index >= 15 is 0 Å². The van der Waals surface area contributed by atoms with Crippen LogP contribution in [0.15, 0.2) is 53.0 Å². The molecule has 3 rings (SSSR count). The monoisotopic (exact) mass is 441 g/mol. The summed E-state index contributed by atoms with van der Waals surface area (Å²) in [5.41, 5.74) is 2.88. The summed E-state index contributed by atoms with van der Waals surface area (Å²) in [6, 6.07) is 15.7. The molecule has 0 atom stereocenters. The molecule has 0 saturated carbocycles. The van der Waals surface area contributed by atoms with Crippen LogP contribution in [0.1, 0.15) is 55.2 Å². The molecule has 2 aromatic carbocycles. The Morgan fingerprint density at radius 1 is 1.07 bits per heavy atom. The average Bonchev–Trinajstić information content (AvgIpc) is 3.05. The molecule has 1 amide bonds. The lowest BCUT2D eigenvalue weighted by Gasteiger charge is -2.10. The largest absolute Gasteiger partial charge is 0.352 e. The van der Waals surface area contributed by atoms with Crippen molar-refractivity contribution in [2.75, 3.05) is 6.54 Å². The molecule has 0 unspecified atom stereocenters. The maximum absolute atomic E-state index is 12.4. The van der Waals surface area contributed by atoms with Gasteiger partial charge in [0.15, 0.2) is 0 Å². The van der Waals surface area contributed by atoms with E-state index in [4.69, 9.17) is 4.98 Å². The number of amides is 1. The van der Waals surface area contributed by atoms with Gasteiger partial charge in [0.1, 0.15) is 5.82 Å². The van der Waals surface area contributed by atoms with E-state index in [1.807, 2.05) is 30.3 Å². The average molecular weight is 442 g/mol. The van der Waals surface area contributed by atoms with Crippen molar-refractivity contribution in [3.63, 3.8) is 0 Å². The second kappa shape index (κ2) is 10.4. The van der Waals surface area contributed by atoms with Crippen molar-refractivity contribution in [2.24, 2.45) is 0 Å². The van der Waals surface area contributed by atoms with Gasteiger partial charge >= 0.3 is 0 Å². The van der Waals surface area contributed by atoms with Crippen molar-refractivity contribution < 1.29 is 4.79 Å². The quantitative estimate of drug-likeness (QED) is 0.407. The van der Waals surface area contributed by atoms with Crippen molar-refractivity contribution >= 4 is 32.9 Å². The van der Waals surface area contributed by atoms with Crippen LogP contribution in [0, 0.1) is 0 Å². The normalized spacial score (nSPS) is 11.1. The molecular weight excluding hydrogens is 414 g/mol. The van der Waals surface area contributed by atoms with Gasteiger partial charge in [0.25, 0.3) is 5.91 Å². The van der Waals surface area contributed by atoms with E-state index in [-0.39, 0.29) is 5.91 Å². The molecule has 148 valence electrons. The lowest BCUT2D eigenvalue weighted by atomic mass is 10.1. The zero-order valence-corrected chi connectivity index (χ0v) is 18.0. The highest BCUT2D eigenvalue weighted by Crippen LogP contribution is 2.18. The highest BCUT2D eigenvalue weighted by Gasteiger charge is 2.11. The summed E-state index contributed by atoms with van der Waals surface area (Å²) >= 11 is 3.41. The predicted octanol–water partition coefficient (Wildman–Crippen LogP) is 5.74. The maximum Gasteiger partial charge on any atom is 0.251 e. The van der Waals surface area contributed by atoms with Crippen LogP contribution in [0.2, 0.25) is 0 Å². The third-order valence-electron chi connectivity index (χ3n) is 4.94. The number of halogens is 1. The highest BCUT2D eigenvalue weighted by atomic mass is 79.9. The van der Waals surface area contributed by atoms with Crippen LogP contribution in [-0.4, -0.2) is 22.0 Å². The van der Waals surface area contributed by atoms with Gasteiger partial charge in [0.05, 0.1) is 11.0 Å². The second-order valence-corrected chi connectivity index (χ2v) is 8.01. The molecule has 1 N–H and O–H groups in total. The zero-order valence-electron chi connectivity index (χ0n) is 16.5. The third-order valence-corrected chi connectivity index (χ3v) is 5.43. The predicted molar refractivity (Wildman–Crippen MR) is 119 cm³/mol. The molecule has 1 aromatic heterocycles. The molecule has 0 spiro atoms. The summed E-state index contributed by atoms with van der Waals surface area (Å²) in [6.45, 7) is 3.80. The summed E-state index contributed by atoms with van der Waals surface area (Å²) in [5, 5.41) is 3.02. The Hall–Kier alpha value is -2.14. The summed E-state index contributed by atoms with van der Waals surface area (Å²) in [5.74, 6) is 0.995. The maximum atomic E-state index is 12.4. The van der Waals surface area contributed by atoms with E-state index in [2.05, 4.69) is 50.9 Å². The first-order valence-electron chi connectivity index (χ1n) is 10.2. The van der Waals surface area contributed by atoms with E-state index in [1.165, 1.54) is 31.2 Å². The number of carbonyl (C=O) groups is 1. The molecule has 0 aliphatic heterocycles. The van der Waals surface area contributed by atoms with Gasteiger partial charge in [-0.25, -0.2) is 4.98 Å². The minimum atomic E-state index is -0.0523. The van der Waals surface area contributed by atoms with E-state index in [1.54, 1.807) is 0 Å². The van der Waals surface area contributed by atoms with Crippen LogP contribution in [0.25, 0.3) is 11.0 Å². The molecule has 0 bridgehead atoms. The number of fused-ring (bicyclic) bond motifs is 1. The van der Waals surface area contributed by atoms with Crippen LogP contribution in [0.3, 0.4) is 0 Å². The molecule has 0 radical (unpaired) electrons. The van der Waals surface area contributed by atoms with Gasteiger partial charge in [-0.15, -0.1) is 0 Å². The SMILES string of the molecule is CCCCCCCn1c(CCNC(=O)c2cccc(Br)c2)nc2ccccc21. The van der Waals surface area contributed by atoms with E-state index in [0.29, 0.717) is 12.1 Å². The number of para-hydroxylation sites is 2. The number of unbranched alkanes of at least 4 members (excludes halogenated alkanes) is 4. The molecular formula is C23H28BrN3O. The molecule has 0 aliphatic carbocycles. The number of hydrogen-bond acceptors (Lipinski definition) is 2. The summed E-state index contributed by atoms with van der Waals surface area (Å²) in [7, 11) is 0. The van der Waals surface area contributed by atoms with E-state index in [0.717, 1.165) is 35.2 Å². The number of aromatic nitrogens is 2. The molecule has 5 heteroatoms. The first-order valence-corrected chi connectivity index (χ1v) is 11.0. The topological polar surface area (TPSA) is 46.9 Å². The van der Waals surface area contributed by atoms with Gasteiger partial charge in [-0.1, -0.05) is 66.7 Å². The van der Waals surface area contributed by atoms with Crippen molar-refractivity contribution in [1.29, 1.82) is 0 Å². The fraction of sp³-hybridized carbons (Fsp3) is 0.391. The summed E-state index contributed by atoms with van der Waals surface area (Å²) < 4.78 is 3.23. The number of rotatable bonds is 10. The zero-order chi connectivity index (χ0) is 19.8. The molecule has 4 nitrogen and oxygen atoms in total. The van der Waals surface area contributed by atoms with Crippen molar-refractivity contribution in [3.8, 4) is 0 Å². The van der Waals surface area contributed by atoms with Crippen molar-refractivity contribution in [3.05, 3.63) is 64.4 Å². The number of benzene rings is 2. The van der Waals surface area contributed by atoms with Crippen molar-refractivity contribution in [2.45, 2.75) is 52.0 Å². The fourth-order valence-corrected chi connectivity index (χ4v) is 3.86. The third kappa shape index (κ3) is 5.44. The number of carbonyl (C=O) groups excluding carboxylic acids is 1. The van der Waals surface area contributed by atoms with Gasteiger partial charge in [-0.05, 0) is 36.8 Å². The Morgan fingerprint density at radius 3 is 2.71 bits per heavy atom. The lowest BCUT2D eigenvalue weighted by Crippen LogP contribution is -2.26. The molecule has 28 heavy (non-hydrogen) atoms. The Labute approximate surface area is 175 Å². The summed E-state index contributed by atoms with van der Waals surface area (Å²) in [6.07, 6.45) is 7.00. The molecule has 0 saturated heterocycles. The number of imidazole rings is 1. The first kappa shape index (κ1) is 20.6. The van der Waals surface area contributed by atoms with Gasteiger partial charge in [-0.2, -0.15) is 0 Å². The first-order chi connectivity index (χ1) is 13.7. The molecule has 1 heterocycles. The Morgan fingerprint density at radius 2 is 1.89 bits per heavy atom. The van der Waals surface area contributed by atoms with Crippen LogP contribution in [-0.2, 0) is 13.0 Å². The Bertz CT molecular complexity index is 919. The lowest BCUT2D eigenvalue weighted by molar-refractivity contribution is 0.0954. The van der Waals surface area contributed by atoms with E-state index in [9.17, 15) is 4.79 Å². The van der Waals surface area contributed by atoms with Crippen LogP contribution >= 0.6 is 15.9 Å². The fourth-order valence-electron chi connectivity index (χ4n) is 3.46. The Kier molecular flexibility index (Phi) is 7.66. The molecule has 0 fully saturated rings. The smallest absolute Gasteiger partial charge is 0.251 e. The number of nitrogens with zero attached hydrogens (tertiary/aromatic N) is 2. The number of nitrogens with one attached hydrogen (secondary N) is 1. The summed E-state index contributed by atoms with van der Waals surface area (Å²) in [4.78, 5) is 17.2. The van der Waals surface area contributed by atoms with Crippen LogP contribution < -0.4 is 5.32 Å². The van der Waals surface area contributed by atoms with Crippen molar-refractivity contribution in [1.82, 2.24) is 14.9 Å². The van der Waals surface area contributed by atoms with Gasteiger partial charge < -0.3 is 9.88 Å². The van der Waals surface area contributed by atoms with Crippen LogP contribution in [0.4, 0.5) is 0 Å². The van der Waals surface area contributed by atoms with Crippen LogP contribution in [0.5, 0.6) is 0 Å². The minimum Gasteiger partial charge on any atom is -0.352 e. The molecule has 0 aliphatic rings. The highest BCUT2D eigenvalue weighted by molar-refractivity contribution is 9.10.